The van der Waals surface area contributed by atoms with Crippen LogP contribution < -0.4 is 11.1 Å². The molecule has 0 aromatic heterocycles. The molecular formula is C14H19N3O4. The van der Waals surface area contributed by atoms with Crippen LogP contribution in [-0.4, -0.2) is 21.5 Å². The molecule has 1 saturated carbocycles. The summed E-state index contributed by atoms with van der Waals surface area (Å²) in [5, 5.41) is 23.0. The van der Waals surface area contributed by atoms with Crippen LogP contribution in [0.5, 0.6) is 5.75 Å². The number of nitrogens with one attached hydrogen (secondary N) is 1. The van der Waals surface area contributed by atoms with Crippen LogP contribution in [0.25, 0.3) is 0 Å². The Bertz CT molecular complexity index is 575. The molecule has 0 saturated heterocycles. The number of benzene rings is 1. The third-order valence-electron chi connectivity index (χ3n) is 3.92. The maximum atomic E-state index is 12.4. The van der Waals surface area contributed by atoms with Gasteiger partial charge in [0, 0.05) is 12.1 Å². The van der Waals surface area contributed by atoms with Crippen molar-refractivity contribution in [2.24, 2.45) is 11.7 Å². The van der Waals surface area contributed by atoms with Crippen LogP contribution in [0.3, 0.4) is 0 Å². The van der Waals surface area contributed by atoms with Crippen LogP contribution in [-0.2, 0) is 4.79 Å². The minimum absolute atomic E-state index is 0.0113. The number of hydrogen-bond acceptors (Lipinski definition) is 5. The molecular weight excluding hydrogens is 274 g/mol. The van der Waals surface area contributed by atoms with Crippen LogP contribution in [0.15, 0.2) is 18.2 Å². The molecule has 7 heteroatoms. The number of nitro groups is 1. The predicted molar refractivity (Wildman–Crippen MR) is 77.9 cm³/mol. The van der Waals surface area contributed by atoms with E-state index in [0.29, 0.717) is 18.8 Å². The molecule has 0 aliphatic heterocycles. The second kappa shape index (κ2) is 5.69. The van der Waals surface area contributed by atoms with Gasteiger partial charge in [0.25, 0.3) is 5.69 Å². The fourth-order valence-electron chi connectivity index (χ4n) is 2.78. The lowest BCUT2D eigenvalue weighted by Gasteiger charge is -2.35. The van der Waals surface area contributed by atoms with Gasteiger partial charge in [-0.2, -0.15) is 0 Å². The van der Waals surface area contributed by atoms with Crippen molar-refractivity contribution >= 4 is 17.3 Å². The number of rotatable bonds is 3. The van der Waals surface area contributed by atoms with Crippen molar-refractivity contribution in [3.05, 3.63) is 28.3 Å². The van der Waals surface area contributed by atoms with E-state index in [4.69, 9.17) is 5.73 Å². The van der Waals surface area contributed by atoms with Gasteiger partial charge >= 0.3 is 0 Å². The molecule has 0 spiro atoms. The summed E-state index contributed by atoms with van der Waals surface area (Å²) < 4.78 is 0. The van der Waals surface area contributed by atoms with E-state index < -0.39 is 16.4 Å². The maximum Gasteiger partial charge on any atom is 0.271 e. The fraction of sp³-hybridized carbons (Fsp3) is 0.500. The van der Waals surface area contributed by atoms with Crippen molar-refractivity contribution < 1.29 is 14.8 Å². The highest BCUT2D eigenvalue weighted by molar-refractivity contribution is 5.99. The number of amides is 1. The smallest absolute Gasteiger partial charge is 0.271 e. The zero-order valence-corrected chi connectivity index (χ0v) is 11.8. The average molecular weight is 293 g/mol. The molecule has 2 rings (SSSR count). The number of nitrogens with two attached hydrogens (primary N) is 1. The summed E-state index contributed by atoms with van der Waals surface area (Å²) in [6.45, 7) is 2.04. The normalized spacial score (nSPS) is 25.3. The van der Waals surface area contributed by atoms with E-state index in [2.05, 4.69) is 5.32 Å². The van der Waals surface area contributed by atoms with Gasteiger partial charge in [0.05, 0.1) is 16.1 Å². The molecule has 0 heterocycles. The number of nitro benzene ring substituents is 1. The van der Waals surface area contributed by atoms with Gasteiger partial charge in [-0.15, -0.1) is 0 Å². The van der Waals surface area contributed by atoms with Crippen LogP contribution >= 0.6 is 0 Å². The van der Waals surface area contributed by atoms with E-state index in [1.54, 1.807) is 0 Å². The van der Waals surface area contributed by atoms with Crippen LogP contribution in [0.2, 0.25) is 0 Å². The number of hydrogen-bond donors (Lipinski definition) is 3. The zero-order valence-electron chi connectivity index (χ0n) is 11.8. The Morgan fingerprint density at radius 1 is 1.57 bits per heavy atom. The molecule has 21 heavy (non-hydrogen) atoms. The van der Waals surface area contributed by atoms with Gasteiger partial charge in [-0.1, -0.05) is 19.8 Å². The van der Waals surface area contributed by atoms with Crippen LogP contribution in [0, 0.1) is 16.0 Å². The first-order chi connectivity index (χ1) is 9.82. The first kappa shape index (κ1) is 15.2. The molecule has 2 atom stereocenters. The van der Waals surface area contributed by atoms with E-state index in [9.17, 15) is 20.0 Å². The average Bonchev–Trinajstić information content (AvgIpc) is 2.40. The molecule has 0 bridgehead atoms. The number of carbonyl (C=O) groups is 1. The Balaban J connectivity index is 2.19. The Labute approximate surface area is 122 Å². The highest BCUT2D eigenvalue weighted by atomic mass is 16.6. The van der Waals surface area contributed by atoms with Gasteiger partial charge in [-0.3, -0.25) is 14.9 Å². The predicted octanol–water partition coefficient (Wildman–Crippen LogP) is 2.15. The Morgan fingerprint density at radius 3 is 2.90 bits per heavy atom. The van der Waals surface area contributed by atoms with E-state index in [0.717, 1.165) is 18.9 Å². The van der Waals surface area contributed by atoms with Gasteiger partial charge < -0.3 is 16.2 Å². The van der Waals surface area contributed by atoms with Crippen molar-refractivity contribution in [1.82, 2.24) is 0 Å². The second-order valence-electron chi connectivity index (χ2n) is 5.77. The van der Waals surface area contributed by atoms with Crippen LogP contribution in [0.1, 0.15) is 32.6 Å². The highest BCUT2D eigenvalue weighted by Gasteiger charge is 2.38. The monoisotopic (exact) mass is 293 g/mol. The SMILES string of the molecule is CC1CCCC(N)(C(=O)Nc2cc([N+](=O)[O-])ccc2O)C1. The van der Waals surface area contributed by atoms with Crippen molar-refractivity contribution in [2.75, 3.05) is 5.32 Å². The maximum absolute atomic E-state index is 12.4. The summed E-state index contributed by atoms with van der Waals surface area (Å²) in [5.74, 6) is -0.278. The first-order valence-corrected chi connectivity index (χ1v) is 6.89. The molecule has 1 aliphatic carbocycles. The molecule has 2 unspecified atom stereocenters. The molecule has 1 fully saturated rings. The number of nitrogens with zero attached hydrogens (tertiary/aromatic N) is 1. The fourth-order valence-corrected chi connectivity index (χ4v) is 2.78. The summed E-state index contributed by atoms with van der Waals surface area (Å²) in [5.41, 5.74) is 4.98. The molecule has 7 nitrogen and oxygen atoms in total. The lowest BCUT2D eigenvalue weighted by molar-refractivity contribution is -0.384. The number of non-ortho nitro benzene ring substituents is 1. The van der Waals surface area contributed by atoms with Gasteiger partial charge in [0.15, 0.2) is 0 Å². The summed E-state index contributed by atoms with van der Waals surface area (Å²) in [6, 6.07) is 3.48. The number of phenolic OH excluding ortho intramolecular Hbond substituents is 1. The minimum Gasteiger partial charge on any atom is -0.506 e. The first-order valence-electron chi connectivity index (χ1n) is 6.89. The van der Waals surface area contributed by atoms with Crippen molar-refractivity contribution in [1.29, 1.82) is 0 Å². The van der Waals surface area contributed by atoms with Gasteiger partial charge in [-0.25, -0.2) is 0 Å². The lowest BCUT2D eigenvalue weighted by atomic mass is 9.76. The van der Waals surface area contributed by atoms with Crippen molar-refractivity contribution in [2.45, 2.75) is 38.1 Å². The Morgan fingerprint density at radius 2 is 2.29 bits per heavy atom. The molecule has 1 aromatic rings. The molecule has 0 radical (unpaired) electrons. The summed E-state index contributed by atoms with van der Waals surface area (Å²) in [4.78, 5) is 22.5. The molecule has 4 N–H and O–H groups in total. The molecule has 1 aromatic carbocycles. The summed E-state index contributed by atoms with van der Waals surface area (Å²) in [6.07, 6.45) is 3.04. The zero-order chi connectivity index (χ0) is 15.6. The van der Waals surface area contributed by atoms with E-state index in [1.807, 2.05) is 6.92 Å². The van der Waals surface area contributed by atoms with E-state index >= 15 is 0 Å². The van der Waals surface area contributed by atoms with Gasteiger partial charge in [-0.05, 0) is 24.8 Å². The minimum atomic E-state index is -0.991. The third kappa shape index (κ3) is 3.30. The quantitative estimate of drug-likeness (QED) is 0.448. The molecule has 1 amide bonds. The number of phenols is 1. The lowest BCUT2D eigenvalue weighted by Crippen LogP contribution is -2.53. The Kier molecular flexibility index (Phi) is 4.13. The molecule has 1 aliphatic rings. The number of carbonyl (C=O) groups excluding carboxylic acids is 1. The van der Waals surface area contributed by atoms with E-state index in [1.165, 1.54) is 12.1 Å². The summed E-state index contributed by atoms with van der Waals surface area (Å²) >= 11 is 0. The van der Waals surface area contributed by atoms with E-state index in [-0.39, 0.29) is 17.1 Å². The third-order valence-corrected chi connectivity index (χ3v) is 3.92. The highest BCUT2D eigenvalue weighted by Crippen LogP contribution is 2.33. The largest absolute Gasteiger partial charge is 0.506 e. The van der Waals surface area contributed by atoms with Crippen molar-refractivity contribution in [3.8, 4) is 5.75 Å². The topological polar surface area (TPSA) is 118 Å². The number of aromatic hydroxyl groups is 1. The van der Waals surface area contributed by atoms with Gasteiger partial charge in [0.1, 0.15) is 5.75 Å². The standard InChI is InChI=1S/C14H19N3O4/c1-9-3-2-6-14(15,8-9)13(19)16-11-7-10(17(20)21)4-5-12(11)18/h4-5,7,9,18H,2-3,6,8,15H2,1H3,(H,16,19). The summed E-state index contributed by atoms with van der Waals surface area (Å²) in [7, 11) is 0. The van der Waals surface area contributed by atoms with Crippen molar-refractivity contribution in [3.63, 3.8) is 0 Å². The van der Waals surface area contributed by atoms with Crippen LogP contribution in [0.4, 0.5) is 11.4 Å². The van der Waals surface area contributed by atoms with Gasteiger partial charge in [0.2, 0.25) is 5.91 Å². The second-order valence-corrected chi connectivity index (χ2v) is 5.77. The Hall–Kier alpha value is -2.15. The molecule has 114 valence electrons. The number of anilines is 1.